The number of aromatic nitrogens is 5. The number of carbonyl (C=O) groups excluding carboxylic acids is 1. The monoisotopic (exact) mass is 395 g/mol. The molecular formula is C19H21N7OS. The van der Waals surface area contributed by atoms with Crippen molar-refractivity contribution in [2.24, 2.45) is 7.05 Å². The van der Waals surface area contributed by atoms with Gasteiger partial charge in [-0.2, -0.15) is 5.10 Å². The van der Waals surface area contributed by atoms with Gasteiger partial charge >= 0.3 is 0 Å². The van der Waals surface area contributed by atoms with Gasteiger partial charge in [0.05, 0.1) is 17.6 Å². The van der Waals surface area contributed by atoms with Crippen LogP contribution in [0.4, 0.5) is 10.9 Å². The van der Waals surface area contributed by atoms with E-state index in [9.17, 15) is 4.79 Å². The highest BCUT2D eigenvalue weighted by Gasteiger charge is 2.25. The summed E-state index contributed by atoms with van der Waals surface area (Å²) < 4.78 is 1.74. The molecule has 144 valence electrons. The molecule has 1 aliphatic rings. The minimum Gasteiger partial charge on any atom is -0.338 e. The maximum Gasteiger partial charge on any atom is 0.246 e. The molecule has 0 unspecified atom stereocenters. The van der Waals surface area contributed by atoms with Gasteiger partial charge in [0.1, 0.15) is 0 Å². The number of hydrogen-bond acceptors (Lipinski definition) is 7. The minimum absolute atomic E-state index is 0.0269. The van der Waals surface area contributed by atoms with E-state index in [4.69, 9.17) is 4.98 Å². The van der Waals surface area contributed by atoms with Crippen LogP contribution in [0.25, 0.3) is 6.08 Å². The second-order valence-corrected chi connectivity index (χ2v) is 7.49. The van der Waals surface area contributed by atoms with Gasteiger partial charge in [-0.25, -0.2) is 9.97 Å². The first-order valence-corrected chi connectivity index (χ1v) is 10.0. The van der Waals surface area contributed by atoms with Crippen molar-refractivity contribution in [1.29, 1.82) is 0 Å². The quantitative estimate of drug-likeness (QED) is 0.668. The average Bonchev–Trinajstić information content (AvgIpc) is 3.36. The summed E-state index contributed by atoms with van der Waals surface area (Å²) in [5, 5.41) is 10.1. The van der Waals surface area contributed by atoms with Gasteiger partial charge in [0.25, 0.3) is 0 Å². The Labute approximate surface area is 167 Å². The number of likely N-dealkylation sites (tertiary alicyclic amines) is 1. The normalized spacial score (nSPS) is 17.2. The highest BCUT2D eigenvalue weighted by molar-refractivity contribution is 7.13. The summed E-state index contributed by atoms with van der Waals surface area (Å²) in [6, 6.07) is 1.88. The van der Waals surface area contributed by atoms with Gasteiger partial charge in [-0.1, -0.05) is 0 Å². The number of nitrogens with zero attached hydrogens (tertiary/aromatic N) is 6. The van der Waals surface area contributed by atoms with Crippen LogP contribution in [0.3, 0.4) is 0 Å². The van der Waals surface area contributed by atoms with Crippen LogP contribution in [-0.2, 0) is 11.8 Å². The van der Waals surface area contributed by atoms with E-state index in [2.05, 4.69) is 25.8 Å². The number of hydrogen-bond donors (Lipinski definition) is 1. The van der Waals surface area contributed by atoms with Gasteiger partial charge in [-0.05, 0) is 25.0 Å². The van der Waals surface area contributed by atoms with Crippen molar-refractivity contribution in [3.63, 3.8) is 0 Å². The Balaban J connectivity index is 1.39. The minimum atomic E-state index is 0.0269. The molecule has 0 radical (unpaired) electrons. The number of anilines is 2. The molecule has 1 atom stereocenters. The van der Waals surface area contributed by atoms with Crippen LogP contribution < -0.4 is 5.32 Å². The van der Waals surface area contributed by atoms with Crippen LogP contribution >= 0.6 is 11.3 Å². The zero-order valence-electron chi connectivity index (χ0n) is 15.5. The molecule has 4 rings (SSSR count). The molecule has 9 heteroatoms. The number of carbonyl (C=O) groups is 1. The van der Waals surface area contributed by atoms with Crippen LogP contribution in [0.15, 0.2) is 42.3 Å². The van der Waals surface area contributed by atoms with E-state index in [0.29, 0.717) is 12.4 Å². The average molecular weight is 395 g/mol. The van der Waals surface area contributed by atoms with Crippen molar-refractivity contribution in [3.05, 3.63) is 53.7 Å². The molecule has 1 saturated heterocycles. The third-order valence-corrected chi connectivity index (χ3v) is 5.50. The SMILES string of the molecule is Cn1nccc1/C=C/C(=O)N1CCC[C@@H](c2csc(Nc3cnccn3)n2)C1. The summed E-state index contributed by atoms with van der Waals surface area (Å²) >= 11 is 1.54. The van der Waals surface area contributed by atoms with E-state index in [-0.39, 0.29) is 11.8 Å². The summed E-state index contributed by atoms with van der Waals surface area (Å²) in [6.45, 7) is 1.46. The zero-order valence-corrected chi connectivity index (χ0v) is 16.3. The maximum absolute atomic E-state index is 12.6. The summed E-state index contributed by atoms with van der Waals surface area (Å²) in [5.41, 5.74) is 1.92. The van der Waals surface area contributed by atoms with Crippen LogP contribution in [0.2, 0.25) is 0 Å². The number of piperidine rings is 1. The molecule has 4 heterocycles. The van der Waals surface area contributed by atoms with Gasteiger partial charge in [0, 0.05) is 56.1 Å². The molecule has 1 N–H and O–H groups in total. The molecule has 28 heavy (non-hydrogen) atoms. The zero-order chi connectivity index (χ0) is 19.3. The summed E-state index contributed by atoms with van der Waals surface area (Å²) in [5.74, 6) is 0.944. The Kier molecular flexibility index (Phi) is 5.43. The molecule has 0 saturated carbocycles. The van der Waals surface area contributed by atoms with E-state index >= 15 is 0 Å². The Bertz CT molecular complexity index is 966. The second-order valence-electron chi connectivity index (χ2n) is 6.63. The Morgan fingerprint density at radius 2 is 2.29 bits per heavy atom. The van der Waals surface area contributed by atoms with Crippen molar-refractivity contribution in [1.82, 2.24) is 29.6 Å². The molecule has 1 amide bonds. The first kappa shape index (κ1) is 18.3. The van der Waals surface area contributed by atoms with Crippen molar-refractivity contribution in [2.45, 2.75) is 18.8 Å². The van der Waals surface area contributed by atoms with E-state index < -0.39 is 0 Å². The van der Waals surface area contributed by atoms with Crippen LogP contribution in [0, 0.1) is 0 Å². The molecule has 0 spiro atoms. The third kappa shape index (κ3) is 4.25. The molecule has 8 nitrogen and oxygen atoms in total. The van der Waals surface area contributed by atoms with Crippen LogP contribution in [-0.4, -0.2) is 48.6 Å². The fourth-order valence-electron chi connectivity index (χ4n) is 3.23. The van der Waals surface area contributed by atoms with Crippen LogP contribution in [0.5, 0.6) is 0 Å². The highest BCUT2D eigenvalue weighted by Crippen LogP contribution is 2.30. The lowest BCUT2D eigenvalue weighted by atomic mass is 9.95. The number of thiazole rings is 1. The number of amides is 1. The van der Waals surface area contributed by atoms with Crippen molar-refractivity contribution < 1.29 is 4.79 Å². The topological polar surface area (TPSA) is 88.8 Å². The van der Waals surface area contributed by atoms with Gasteiger partial charge < -0.3 is 10.2 Å². The lowest BCUT2D eigenvalue weighted by Gasteiger charge is -2.31. The molecule has 3 aromatic rings. The Morgan fingerprint density at radius 3 is 3.07 bits per heavy atom. The van der Waals surface area contributed by atoms with Crippen molar-refractivity contribution in [3.8, 4) is 0 Å². The van der Waals surface area contributed by atoms with E-state index in [0.717, 1.165) is 35.9 Å². The smallest absolute Gasteiger partial charge is 0.246 e. The van der Waals surface area contributed by atoms with Gasteiger partial charge in [-0.3, -0.25) is 14.5 Å². The fourth-order valence-corrected chi connectivity index (χ4v) is 4.03. The van der Waals surface area contributed by atoms with Crippen molar-refractivity contribution in [2.75, 3.05) is 18.4 Å². The van der Waals surface area contributed by atoms with E-state index in [1.54, 1.807) is 46.9 Å². The maximum atomic E-state index is 12.6. The van der Waals surface area contributed by atoms with Crippen LogP contribution in [0.1, 0.15) is 30.1 Å². The molecule has 0 aliphatic carbocycles. The summed E-state index contributed by atoms with van der Waals surface area (Å²) in [7, 11) is 1.86. The van der Waals surface area contributed by atoms with Gasteiger partial charge in [-0.15, -0.1) is 11.3 Å². The molecule has 1 aliphatic heterocycles. The Hall–Kier alpha value is -3.07. The highest BCUT2D eigenvalue weighted by atomic mass is 32.1. The largest absolute Gasteiger partial charge is 0.338 e. The predicted molar refractivity (Wildman–Crippen MR) is 108 cm³/mol. The summed E-state index contributed by atoms with van der Waals surface area (Å²) in [4.78, 5) is 27.4. The molecule has 0 bridgehead atoms. The molecule has 0 aromatic carbocycles. The van der Waals surface area contributed by atoms with E-state index in [1.165, 1.54) is 0 Å². The molecular weight excluding hydrogens is 374 g/mol. The molecule has 3 aromatic heterocycles. The predicted octanol–water partition coefficient (Wildman–Crippen LogP) is 2.83. The van der Waals surface area contributed by atoms with Gasteiger partial charge in [0.15, 0.2) is 10.9 Å². The standard InChI is InChI=1S/C19H21N7OS/c1-25-15(6-7-22-25)4-5-18(27)26-10-2-3-14(12-26)16-13-28-19(23-16)24-17-11-20-8-9-21-17/h4-9,11,13-14H,2-3,10,12H2,1H3,(H,21,23,24)/b5-4+/t14-/m1/s1. The van der Waals surface area contributed by atoms with E-state index in [1.807, 2.05) is 24.1 Å². The first-order valence-electron chi connectivity index (χ1n) is 9.12. The third-order valence-electron chi connectivity index (χ3n) is 4.73. The second kappa shape index (κ2) is 8.30. The lowest BCUT2D eigenvalue weighted by molar-refractivity contribution is -0.127. The number of aryl methyl sites for hydroxylation is 1. The lowest BCUT2D eigenvalue weighted by Crippen LogP contribution is -2.38. The fraction of sp³-hybridized carbons (Fsp3) is 0.316. The van der Waals surface area contributed by atoms with Crippen molar-refractivity contribution >= 4 is 34.3 Å². The number of rotatable bonds is 5. The first-order chi connectivity index (χ1) is 13.7. The Morgan fingerprint density at radius 1 is 1.36 bits per heavy atom. The molecule has 1 fully saturated rings. The van der Waals surface area contributed by atoms with Gasteiger partial charge in [0.2, 0.25) is 5.91 Å². The number of nitrogens with one attached hydrogen (secondary N) is 1. The summed E-state index contributed by atoms with van der Waals surface area (Å²) in [6.07, 6.45) is 12.1.